The number of piperidine rings is 1. The minimum absolute atomic E-state index is 0.143. The number of hydrogen-bond donors (Lipinski definition) is 2. The third-order valence-corrected chi connectivity index (χ3v) is 4.97. The maximum Gasteiger partial charge on any atom is 0.314 e. The van der Waals surface area contributed by atoms with Crippen molar-refractivity contribution in [1.82, 2.24) is 0 Å². The highest BCUT2D eigenvalue weighted by atomic mass is 35.5. The molecule has 1 heterocycles. The molecule has 0 aromatic heterocycles. The summed E-state index contributed by atoms with van der Waals surface area (Å²) in [6.07, 6.45) is 1.70. The van der Waals surface area contributed by atoms with Crippen LogP contribution in [0, 0.1) is 5.92 Å². The number of anilines is 1. The summed E-state index contributed by atoms with van der Waals surface area (Å²) in [6, 6.07) is 3.02. The van der Waals surface area contributed by atoms with Gasteiger partial charge in [-0.15, -0.1) is 0 Å². The van der Waals surface area contributed by atoms with Crippen molar-refractivity contribution in [2.24, 2.45) is 5.92 Å². The molecule has 8 heteroatoms. The highest BCUT2D eigenvalue weighted by Gasteiger charge is 2.30. The van der Waals surface area contributed by atoms with Crippen LogP contribution >= 0.6 is 34.8 Å². The molecule has 1 aromatic rings. The second-order valence-electron chi connectivity index (χ2n) is 5.77. The lowest BCUT2D eigenvalue weighted by Crippen LogP contribution is -3.14. The molecule has 1 fully saturated rings. The Morgan fingerprint density at radius 3 is 2.67 bits per heavy atom. The zero-order chi connectivity index (χ0) is 17.7. The van der Waals surface area contributed by atoms with Crippen LogP contribution in [0.5, 0.6) is 0 Å². The van der Waals surface area contributed by atoms with Gasteiger partial charge in [0.15, 0.2) is 6.54 Å². The SMILES string of the molecule is CCOC(=O)[C@H]1CCC[NH+](CC(=O)Nc2cc(Cl)c(Cl)cc2Cl)C1. The van der Waals surface area contributed by atoms with Gasteiger partial charge in [-0.2, -0.15) is 0 Å². The van der Waals surface area contributed by atoms with Gasteiger partial charge >= 0.3 is 5.97 Å². The number of carbonyl (C=O) groups is 2. The van der Waals surface area contributed by atoms with Crippen molar-refractivity contribution in [3.05, 3.63) is 27.2 Å². The fourth-order valence-corrected chi connectivity index (χ4v) is 3.41. The monoisotopic (exact) mass is 393 g/mol. The normalized spacial score (nSPS) is 20.5. The molecule has 0 bridgehead atoms. The predicted molar refractivity (Wildman–Crippen MR) is 95.0 cm³/mol. The van der Waals surface area contributed by atoms with Gasteiger partial charge < -0.3 is 15.0 Å². The Hall–Kier alpha value is -1.01. The summed E-state index contributed by atoms with van der Waals surface area (Å²) in [6.45, 7) is 3.87. The van der Waals surface area contributed by atoms with E-state index in [4.69, 9.17) is 39.5 Å². The van der Waals surface area contributed by atoms with Gasteiger partial charge in [0.25, 0.3) is 5.91 Å². The van der Waals surface area contributed by atoms with Gasteiger partial charge in [0.05, 0.1) is 40.5 Å². The molecule has 5 nitrogen and oxygen atoms in total. The lowest BCUT2D eigenvalue weighted by Gasteiger charge is -2.28. The molecule has 0 aliphatic carbocycles. The van der Waals surface area contributed by atoms with Gasteiger partial charge in [-0.05, 0) is 31.9 Å². The van der Waals surface area contributed by atoms with E-state index in [1.807, 2.05) is 0 Å². The number of ether oxygens (including phenoxy) is 1. The first-order valence-corrected chi connectivity index (χ1v) is 8.98. The minimum Gasteiger partial charge on any atom is -0.466 e. The van der Waals surface area contributed by atoms with Crippen molar-refractivity contribution >= 4 is 52.4 Å². The third-order valence-electron chi connectivity index (χ3n) is 3.93. The largest absolute Gasteiger partial charge is 0.466 e. The van der Waals surface area contributed by atoms with Gasteiger partial charge in [0.1, 0.15) is 5.92 Å². The second kappa shape index (κ2) is 8.90. The molecule has 2 N–H and O–H groups in total. The first-order chi connectivity index (χ1) is 11.4. The highest BCUT2D eigenvalue weighted by Crippen LogP contribution is 2.32. The maximum absolute atomic E-state index is 12.2. The second-order valence-corrected chi connectivity index (χ2v) is 6.99. The lowest BCUT2D eigenvalue weighted by atomic mass is 9.98. The molecule has 2 rings (SSSR count). The van der Waals surface area contributed by atoms with Crippen molar-refractivity contribution < 1.29 is 19.2 Å². The number of likely N-dealkylation sites (tertiary alicyclic amines) is 1. The van der Waals surface area contributed by atoms with Gasteiger partial charge in [-0.3, -0.25) is 9.59 Å². The molecule has 1 aliphatic heterocycles. The summed E-state index contributed by atoms with van der Waals surface area (Å²) in [5.41, 5.74) is 0.425. The fourth-order valence-electron chi connectivity index (χ4n) is 2.81. The molecule has 0 spiro atoms. The van der Waals surface area contributed by atoms with E-state index in [1.54, 1.807) is 6.92 Å². The topological polar surface area (TPSA) is 59.8 Å². The molecule has 1 aliphatic rings. The predicted octanol–water partition coefficient (Wildman–Crippen LogP) is 2.44. The molecule has 0 saturated carbocycles. The Balaban J connectivity index is 1.92. The van der Waals surface area contributed by atoms with Crippen LogP contribution in [-0.2, 0) is 14.3 Å². The Labute approximate surface area is 156 Å². The van der Waals surface area contributed by atoms with Crippen LogP contribution < -0.4 is 10.2 Å². The number of nitrogens with one attached hydrogen (secondary N) is 2. The molecule has 24 heavy (non-hydrogen) atoms. The van der Waals surface area contributed by atoms with Crippen LogP contribution in [0.3, 0.4) is 0 Å². The molecule has 0 radical (unpaired) electrons. The van der Waals surface area contributed by atoms with Crippen molar-refractivity contribution in [3.8, 4) is 0 Å². The van der Waals surface area contributed by atoms with E-state index >= 15 is 0 Å². The standard InChI is InChI=1S/C16H19Cl3N2O3/c1-2-24-16(23)10-4-3-5-21(8-10)9-15(22)20-14-7-12(18)11(17)6-13(14)19/h6-7,10H,2-5,8-9H2,1H3,(H,20,22)/p+1/t10-/m0/s1. The van der Waals surface area contributed by atoms with E-state index in [0.29, 0.717) is 33.9 Å². The van der Waals surface area contributed by atoms with Crippen molar-refractivity contribution in [2.45, 2.75) is 19.8 Å². The van der Waals surface area contributed by atoms with Crippen molar-refractivity contribution in [1.29, 1.82) is 0 Å². The van der Waals surface area contributed by atoms with Crippen molar-refractivity contribution in [3.63, 3.8) is 0 Å². The minimum atomic E-state index is -0.185. The number of esters is 1. The summed E-state index contributed by atoms with van der Waals surface area (Å²) in [7, 11) is 0. The maximum atomic E-state index is 12.2. The average molecular weight is 395 g/mol. The summed E-state index contributed by atoms with van der Waals surface area (Å²) in [5.74, 6) is -0.507. The van der Waals surface area contributed by atoms with E-state index in [2.05, 4.69) is 5.32 Å². The average Bonchev–Trinajstić information content (AvgIpc) is 2.53. The Bertz CT molecular complexity index is 625. The summed E-state index contributed by atoms with van der Waals surface area (Å²) >= 11 is 17.9. The van der Waals surface area contributed by atoms with E-state index in [0.717, 1.165) is 24.3 Å². The zero-order valence-corrected chi connectivity index (χ0v) is 15.6. The van der Waals surface area contributed by atoms with Gasteiger partial charge in [0, 0.05) is 0 Å². The quantitative estimate of drug-likeness (QED) is 0.596. The van der Waals surface area contributed by atoms with Crippen LogP contribution in [-0.4, -0.2) is 38.1 Å². The van der Waals surface area contributed by atoms with Crippen LogP contribution in [0.15, 0.2) is 12.1 Å². The summed E-state index contributed by atoms with van der Waals surface area (Å²) in [5, 5.41) is 3.73. The number of benzene rings is 1. The summed E-state index contributed by atoms with van der Waals surface area (Å²) in [4.78, 5) is 25.2. The molecule has 1 amide bonds. The number of amides is 1. The Morgan fingerprint density at radius 1 is 1.25 bits per heavy atom. The molecule has 2 atom stereocenters. The molecule has 132 valence electrons. The van der Waals surface area contributed by atoms with Gasteiger partial charge in [-0.1, -0.05) is 34.8 Å². The van der Waals surface area contributed by atoms with Crippen LogP contribution in [0.1, 0.15) is 19.8 Å². The van der Waals surface area contributed by atoms with E-state index in [1.165, 1.54) is 12.1 Å². The fraction of sp³-hybridized carbons (Fsp3) is 0.500. The Morgan fingerprint density at radius 2 is 1.96 bits per heavy atom. The smallest absolute Gasteiger partial charge is 0.314 e. The highest BCUT2D eigenvalue weighted by molar-refractivity contribution is 6.44. The van der Waals surface area contributed by atoms with E-state index < -0.39 is 0 Å². The molecule has 1 saturated heterocycles. The molecular weight excluding hydrogens is 375 g/mol. The zero-order valence-electron chi connectivity index (χ0n) is 13.3. The van der Waals surface area contributed by atoms with Gasteiger partial charge in [-0.25, -0.2) is 0 Å². The number of halogens is 3. The van der Waals surface area contributed by atoms with Gasteiger partial charge in [0.2, 0.25) is 0 Å². The lowest BCUT2D eigenvalue weighted by molar-refractivity contribution is -0.899. The Kier molecular flexibility index (Phi) is 7.16. The number of carbonyl (C=O) groups excluding carboxylic acids is 2. The van der Waals surface area contributed by atoms with Crippen molar-refractivity contribution in [2.75, 3.05) is 31.6 Å². The first-order valence-electron chi connectivity index (χ1n) is 7.85. The molecule has 1 aromatic carbocycles. The third kappa shape index (κ3) is 5.24. The first kappa shape index (κ1) is 19.3. The number of hydrogen-bond acceptors (Lipinski definition) is 3. The van der Waals surface area contributed by atoms with E-state index in [9.17, 15) is 9.59 Å². The van der Waals surface area contributed by atoms with E-state index in [-0.39, 0.29) is 24.3 Å². The number of quaternary nitrogens is 1. The van der Waals surface area contributed by atoms with Crippen LogP contribution in [0.4, 0.5) is 5.69 Å². The summed E-state index contributed by atoms with van der Waals surface area (Å²) < 4.78 is 5.07. The van der Waals surface area contributed by atoms with Crippen LogP contribution in [0.25, 0.3) is 0 Å². The molecule has 1 unspecified atom stereocenters. The number of rotatable bonds is 5. The molecular formula is C16H20Cl3N2O3+. The van der Waals surface area contributed by atoms with Crippen LogP contribution in [0.2, 0.25) is 15.1 Å².